The Morgan fingerprint density at radius 1 is 1.57 bits per heavy atom. The van der Waals surface area contributed by atoms with E-state index in [-0.39, 0.29) is 0 Å². The monoisotopic (exact) mass is 195 g/mol. The zero-order valence-corrected chi connectivity index (χ0v) is 9.17. The Hall–Kier alpha value is -0.790. The highest BCUT2D eigenvalue weighted by atomic mass is 16.2. The van der Waals surface area contributed by atoms with Gasteiger partial charge in [0.15, 0.2) is 0 Å². The molecule has 14 heavy (non-hydrogen) atoms. The Balaban J connectivity index is 2.48. The van der Waals surface area contributed by atoms with Gasteiger partial charge in [-0.3, -0.25) is 4.79 Å². The predicted molar refractivity (Wildman–Crippen MR) is 59.1 cm³/mol. The molecule has 0 N–H and O–H groups in total. The Bertz CT molecular complexity index is 200. The van der Waals surface area contributed by atoms with Crippen molar-refractivity contribution in [1.29, 1.82) is 0 Å². The third-order valence-electron chi connectivity index (χ3n) is 2.98. The maximum atomic E-state index is 11.7. The van der Waals surface area contributed by atoms with Crippen molar-refractivity contribution in [2.24, 2.45) is 0 Å². The van der Waals surface area contributed by atoms with Crippen molar-refractivity contribution in [2.45, 2.75) is 51.5 Å². The molecule has 2 heteroatoms. The molecule has 1 aliphatic rings. The second-order valence-electron chi connectivity index (χ2n) is 3.97. The van der Waals surface area contributed by atoms with E-state index in [2.05, 4.69) is 18.4 Å². The average Bonchev–Trinajstić information content (AvgIpc) is 2.21. The van der Waals surface area contributed by atoms with Gasteiger partial charge in [0.05, 0.1) is 0 Å². The van der Waals surface area contributed by atoms with Crippen molar-refractivity contribution in [3.8, 4) is 0 Å². The fourth-order valence-corrected chi connectivity index (χ4v) is 2.10. The first-order valence-corrected chi connectivity index (χ1v) is 5.70. The number of rotatable bonds is 5. The molecule has 0 aliphatic carbocycles. The summed E-state index contributed by atoms with van der Waals surface area (Å²) in [7, 11) is 0. The molecule has 0 aromatic rings. The SMILES string of the molecule is C=CCCC(CC)N1CCCCC1=O. The molecule has 0 saturated carbocycles. The number of likely N-dealkylation sites (tertiary alicyclic amines) is 1. The summed E-state index contributed by atoms with van der Waals surface area (Å²) in [5, 5.41) is 0. The number of hydrogen-bond acceptors (Lipinski definition) is 1. The van der Waals surface area contributed by atoms with Gasteiger partial charge < -0.3 is 4.90 Å². The molecule has 1 rings (SSSR count). The van der Waals surface area contributed by atoms with Gasteiger partial charge in [0, 0.05) is 19.0 Å². The highest BCUT2D eigenvalue weighted by molar-refractivity contribution is 5.77. The quantitative estimate of drug-likeness (QED) is 0.618. The van der Waals surface area contributed by atoms with Gasteiger partial charge in [0.1, 0.15) is 0 Å². The van der Waals surface area contributed by atoms with Crippen molar-refractivity contribution in [3.05, 3.63) is 12.7 Å². The summed E-state index contributed by atoms with van der Waals surface area (Å²) in [6, 6.07) is 0.445. The van der Waals surface area contributed by atoms with E-state index in [9.17, 15) is 4.79 Å². The maximum absolute atomic E-state index is 11.7. The Morgan fingerprint density at radius 3 is 2.93 bits per heavy atom. The molecule has 1 saturated heterocycles. The summed E-state index contributed by atoms with van der Waals surface area (Å²) in [5.41, 5.74) is 0. The van der Waals surface area contributed by atoms with Crippen LogP contribution in [-0.4, -0.2) is 23.4 Å². The van der Waals surface area contributed by atoms with Gasteiger partial charge in [-0.15, -0.1) is 6.58 Å². The Morgan fingerprint density at radius 2 is 2.36 bits per heavy atom. The number of allylic oxidation sites excluding steroid dienone is 1. The zero-order chi connectivity index (χ0) is 10.4. The van der Waals surface area contributed by atoms with Crippen molar-refractivity contribution in [2.75, 3.05) is 6.54 Å². The van der Waals surface area contributed by atoms with Gasteiger partial charge in [-0.25, -0.2) is 0 Å². The molecule has 2 nitrogen and oxygen atoms in total. The van der Waals surface area contributed by atoms with E-state index >= 15 is 0 Å². The van der Waals surface area contributed by atoms with Crippen molar-refractivity contribution in [3.63, 3.8) is 0 Å². The number of carbonyl (C=O) groups excluding carboxylic acids is 1. The van der Waals surface area contributed by atoms with Gasteiger partial charge in [0.25, 0.3) is 0 Å². The molecule has 80 valence electrons. The molecule has 0 bridgehead atoms. The minimum Gasteiger partial charge on any atom is -0.340 e. The van der Waals surface area contributed by atoms with E-state index in [0.717, 1.165) is 38.6 Å². The second kappa shape index (κ2) is 5.84. The Kier molecular flexibility index (Phi) is 4.71. The molecular weight excluding hydrogens is 174 g/mol. The van der Waals surface area contributed by atoms with Gasteiger partial charge in [-0.05, 0) is 32.1 Å². The summed E-state index contributed by atoms with van der Waals surface area (Å²) in [6.45, 7) is 6.86. The van der Waals surface area contributed by atoms with Crippen LogP contribution in [0.15, 0.2) is 12.7 Å². The van der Waals surface area contributed by atoms with Crippen LogP contribution < -0.4 is 0 Å². The highest BCUT2D eigenvalue weighted by Crippen LogP contribution is 2.18. The van der Waals surface area contributed by atoms with Gasteiger partial charge >= 0.3 is 0 Å². The van der Waals surface area contributed by atoms with Crippen LogP contribution in [0.1, 0.15) is 45.4 Å². The minimum absolute atomic E-state index is 0.354. The summed E-state index contributed by atoms with van der Waals surface area (Å²) < 4.78 is 0. The maximum Gasteiger partial charge on any atom is 0.222 e. The third kappa shape index (κ3) is 2.86. The molecule has 1 aliphatic heterocycles. The molecule has 0 spiro atoms. The van der Waals surface area contributed by atoms with Crippen molar-refractivity contribution in [1.82, 2.24) is 4.90 Å². The molecule has 1 amide bonds. The Labute approximate surface area is 87.0 Å². The number of amides is 1. The zero-order valence-electron chi connectivity index (χ0n) is 9.17. The lowest BCUT2D eigenvalue weighted by molar-refractivity contribution is -0.136. The van der Waals surface area contributed by atoms with Crippen LogP contribution in [-0.2, 0) is 4.79 Å². The van der Waals surface area contributed by atoms with Crippen LogP contribution in [0.25, 0.3) is 0 Å². The van der Waals surface area contributed by atoms with E-state index < -0.39 is 0 Å². The van der Waals surface area contributed by atoms with Crippen LogP contribution in [0.5, 0.6) is 0 Å². The molecule has 1 fully saturated rings. The van der Waals surface area contributed by atoms with Crippen molar-refractivity contribution >= 4 is 5.91 Å². The lowest BCUT2D eigenvalue weighted by atomic mass is 10.0. The van der Waals surface area contributed by atoms with E-state index in [4.69, 9.17) is 0 Å². The first kappa shape index (κ1) is 11.3. The van der Waals surface area contributed by atoms with Crippen LogP contribution in [0, 0.1) is 0 Å². The smallest absolute Gasteiger partial charge is 0.222 e. The van der Waals surface area contributed by atoms with E-state index in [1.54, 1.807) is 0 Å². The minimum atomic E-state index is 0.354. The normalized spacial score (nSPS) is 19.5. The number of piperidine rings is 1. The first-order valence-electron chi connectivity index (χ1n) is 5.70. The predicted octanol–water partition coefficient (Wildman–Crippen LogP) is 2.74. The van der Waals surface area contributed by atoms with E-state index in [0.29, 0.717) is 11.9 Å². The van der Waals surface area contributed by atoms with Crippen LogP contribution >= 0.6 is 0 Å². The summed E-state index contributed by atoms with van der Waals surface area (Å²) in [6.07, 6.45) is 8.11. The van der Waals surface area contributed by atoms with Gasteiger partial charge in [-0.2, -0.15) is 0 Å². The molecular formula is C12H21NO. The second-order valence-corrected chi connectivity index (χ2v) is 3.97. The molecule has 1 unspecified atom stereocenters. The number of hydrogen-bond donors (Lipinski definition) is 0. The average molecular weight is 195 g/mol. The number of nitrogens with zero attached hydrogens (tertiary/aromatic N) is 1. The lowest BCUT2D eigenvalue weighted by Gasteiger charge is -2.34. The van der Waals surface area contributed by atoms with Crippen LogP contribution in [0.2, 0.25) is 0 Å². The van der Waals surface area contributed by atoms with Crippen LogP contribution in [0.4, 0.5) is 0 Å². The molecule has 1 atom stereocenters. The largest absolute Gasteiger partial charge is 0.340 e. The topological polar surface area (TPSA) is 20.3 Å². The molecule has 1 heterocycles. The fourth-order valence-electron chi connectivity index (χ4n) is 2.10. The van der Waals surface area contributed by atoms with Crippen LogP contribution in [0.3, 0.4) is 0 Å². The molecule has 0 aromatic heterocycles. The first-order chi connectivity index (χ1) is 6.79. The fraction of sp³-hybridized carbons (Fsp3) is 0.750. The van der Waals surface area contributed by atoms with Gasteiger partial charge in [-0.1, -0.05) is 13.0 Å². The van der Waals surface area contributed by atoms with Crippen molar-refractivity contribution < 1.29 is 4.79 Å². The third-order valence-corrected chi connectivity index (χ3v) is 2.98. The summed E-state index contributed by atoms with van der Waals surface area (Å²) >= 11 is 0. The summed E-state index contributed by atoms with van der Waals surface area (Å²) in [4.78, 5) is 13.7. The molecule has 0 radical (unpaired) electrons. The standard InChI is InChI=1S/C12H21NO/c1-3-5-8-11(4-2)13-10-7-6-9-12(13)14/h3,11H,1,4-10H2,2H3. The molecule has 0 aromatic carbocycles. The summed E-state index contributed by atoms with van der Waals surface area (Å²) in [5.74, 6) is 0.354. The van der Waals surface area contributed by atoms with Gasteiger partial charge in [0.2, 0.25) is 5.91 Å². The van der Waals surface area contributed by atoms with E-state index in [1.807, 2.05) is 6.08 Å². The lowest BCUT2D eigenvalue weighted by Crippen LogP contribution is -2.42. The number of carbonyl (C=O) groups is 1. The van der Waals surface area contributed by atoms with E-state index in [1.165, 1.54) is 6.42 Å². The highest BCUT2D eigenvalue weighted by Gasteiger charge is 2.23.